The summed E-state index contributed by atoms with van der Waals surface area (Å²) in [5.74, 6) is -0.00556. The standard InChI is InChI=1S/C15H19Br2N3O4/c1-15(2,3)24-14(22)20-4-5-23-8-11(20)13(21)19-12-10(17)6-9(16)7-18-12/h6-7,11H,4-5,8H2,1-3H3,(H,18,19,21). The molecule has 0 saturated carbocycles. The first kappa shape index (κ1) is 19.1. The van der Waals surface area contributed by atoms with Gasteiger partial charge in [-0.3, -0.25) is 9.69 Å². The minimum Gasteiger partial charge on any atom is -0.444 e. The zero-order valence-corrected chi connectivity index (χ0v) is 16.8. The molecule has 2 heterocycles. The van der Waals surface area contributed by atoms with E-state index in [9.17, 15) is 9.59 Å². The Morgan fingerprint density at radius 3 is 2.75 bits per heavy atom. The predicted molar refractivity (Wildman–Crippen MR) is 95.8 cm³/mol. The van der Waals surface area contributed by atoms with Crippen molar-refractivity contribution in [3.63, 3.8) is 0 Å². The number of anilines is 1. The van der Waals surface area contributed by atoms with Gasteiger partial charge in [-0.1, -0.05) is 0 Å². The molecule has 132 valence electrons. The monoisotopic (exact) mass is 463 g/mol. The highest BCUT2D eigenvalue weighted by molar-refractivity contribution is 9.11. The summed E-state index contributed by atoms with van der Waals surface area (Å²) in [6.07, 6.45) is 1.04. The Labute approximate surface area is 157 Å². The molecule has 1 atom stereocenters. The van der Waals surface area contributed by atoms with Gasteiger partial charge in [-0.15, -0.1) is 0 Å². The Hall–Kier alpha value is -1.19. The summed E-state index contributed by atoms with van der Waals surface area (Å²) in [6.45, 7) is 6.11. The first-order valence-electron chi connectivity index (χ1n) is 7.36. The number of rotatable bonds is 2. The predicted octanol–water partition coefficient (Wildman–Crippen LogP) is 3.18. The van der Waals surface area contributed by atoms with Gasteiger partial charge in [0.1, 0.15) is 17.5 Å². The van der Waals surface area contributed by atoms with Crippen LogP contribution in [0.5, 0.6) is 0 Å². The van der Waals surface area contributed by atoms with E-state index < -0.39 is 17.7 Å². The molecule has 0 bridgehead atoms. The largest absolute Gasteiger partial charge is 0.444 e. The average Bonchev–Trinajstić information content (AvgIpc) is 2.48. The zero-order valence-electron chi connectivity index (χ0n) is 13.6. The highest BCUT2D eigenvalue weighted by Gasteiger charge is 2.35. The van der Waals surface area contributed by atoms with Gasteiger partial charge < -0.3 is 14.8 Å². The molecule has 1 aliphatic heterocycles. The molecule has 1 N–H and O–H groups in total. The van der Waals surface area contributed by atoms with Crippen LogP contribution in [-0.4, -0.2) is 53.3 Å². The van der Waals surface area contributed by atoms with Crippen molar-refractivity contribution in [2.75, 3.05) is 25.1 Å². The van der Waals surface area contributed by atoms with E-state index in [-0.39, 0.29) is 12.5 Å². The van der Waals surface area contributed by atoms with Crippen LogP contribution in [0.15, 0.2) is 21.2 Å². The second kappa shape index (κ2) is 7.79. The van der Waals surface area contributed by atoms with Gasteiger partial charge in [0, 0.05) is 17.2 Å². The van der Waals surface area contributed by atoms with Crippen LogP contribution in [0.1, 0.15) is 20.8 Å². The van der Waals surface area contributed by atoms with Crippen LogP contribution in [0.4, 0.5) is 10.6 Å². The van der Waals surface area contributed by atoms with Gasteiger partial charge in [0.05, 0.1) is 17.7 Å². The quantitative estimate of drug-likeness (QED) is 0.726. The van der Waals surface area contributed by atoms with Crippen LogP contribution in [0.3, 0.4) is 0 Å². The minimum atomic E-state index is -0.772. The first-order valence-corrected chi connectivity index (χ1v) is 8.95. The molecule has 0 aliphatic carbocycles. The van der Waals surface area contributed by atoms with Gasteiger partial charge in [-0.05, 0) is 58.7 Å². The molecule has 1 aromatic heterocycles. The van der Waals surface area contributed by atoms with Crippen LogP contribution < -0.4 is 5.32 Å². The maximum Gasteiger partial charge on any atom is 0.411 e. The lowest BCUT2D eigenvalue weighted by atomic mass is 10.2. The maximum absolute atomic E-state index is 12.6. The van der Waals surface area contributed by atoms with Crippen molar-refractivity contribution in [2.24, 2.45) is 0 Å². The van der Waals surface area contributed by atoms with E-state index in [1.807, 2.05) is 0 Å². The van der Waals surface area contributed by atoms with Crippen molar-refractivity contribution in [3.8, 4) is 0 Å². The Kier molecular flexibility index (Phi) is 6.22. The first-order chi connectivity index (χ1) is 11.2. The highest BCUT2D eigenvalue weighted by Crippen LogP contribution is 2.24. The van der Waals surface area contributed by atoms with E-state index in [1.54, 1.807) is 33.0 Å². The summed E-state index contributed by atoms with van der Waals surface area (Å²) in [4.78, 5) is 30.4. The van der Waals surface area contributed by atoms with E-state index in [0.29, 0.717) is 23.4 Å². The molecular weight excluding hydrogens is 446 g/mol. The average molecular weight is 465 g/mol. The van der Waals surface area contributed by atoms with Crippen LogP contribution in [0, 0.1) is 0 Å². The van der Waals surface area contributed by atoms with Gasteiger partial charge in [0.15, 0.2) is 0 Å². The molecular formula is C15H19Br2N3O4. The third kappa shape index (κ3) is 5.15. The molecule has 0 spiro atoms. The van der Waals surface area contributed by atoms with Gasteiger partial charge in [0.25, 0.3) is 5.91 Å². The summed E-state index contributed by atoms with van der Waals surface area (Å²) >= 11 is 6.64. The summed E-state index contributed by atoms with van der Waals surface area (Å²) in [7, 11) is 0. The van der Waals surface area contributed by atoms with Crippen molar-refractivity contribution < 1.29 is 19.1 Å². The Balaban J connectivity index is 2.11. The Morgan fingerprint density at radius 2 is 2.12 bits per heavy atom. The summed E-state index contributed by atoms with van der Waals surface area (Å²) in [5, 5.41) is 2.71. The minimum absolute atomic E-state index is 0.110. The smallest absolute Gasteiger partial charge is 0.411 e. The van der Waals surface area contributed by atoms with E-state index in [0.717, 1.165) is 4.47 Å². The van der Waals surface area contributed by atoms with Crippen LogP contribution in [-0.2, 0) is 14.3 Å². The number of hydrogen-bond donors (Lipinski definition) is 1. The van der Waals surface area contributed by atoms with Crippen LogP contribution >= 0.6 is 31.9 Å². The molecule has 1 saturated heterocycles. The topological polar surface area (TPSA) is 80.8 Å². The lowest BCUT2D eigenvalue weighted by Crippen LogP contribution is -2.55. The van der Waals surface area contributed by atoms with Crippen molar-refractivity contribution >= 4 is 49.7 Å². The van der Waals surface area contributed by atoms with E-state index in [2.05, 4.69) is 42.2 Å². The number of carbonyl (C=O) groups is 2. The van der Waals surface area contributed by atoms with Gasteiger partial charge in [-0.25, -0.2) is 9.78 Å². The van der Waals surface area contributed by atoms with Crippen molar-refractivity contribution in [3.05, 3.63) is 21.2 Å². The highest BCUT2D eigenvalue weighted by atomic mass is 79.9. The lowest BCUT2D eigenvalue weighted by Gasteiger charge is -2.35. The van der Waals surface area contributed by atoms with E-state index in [1.165, 1.54) is 4.90 Å². The molecule has 2 rings (SSSR count). The SMILES string of the molecule is CC(C)(C)OC(=O)N1CCOCC1C(=O)Nc1ncc(Br)cc1Br. The maximum atomic E-state index is 12.6. The Morgan fingerprint density at radius 1 is 1.42 bits per heavy atom. The third-order valence-corrected chi connectivity index (χ3v) is 4.15. The fourth-order valence-corrected chi connectivity index (χ4v) is 3.15. The molecule has 1 aliphatic rings. The van der Waals surface area contributed by atoms with Crippen molar-refractivity contribution in [1.82, 2.24) is 9.88 Å². The second-order valence-corrected chi connectivity index (χ2v) is 8.01. The molecule has 1 fully saturated rings. The number of nitrogens with zero attached hydrogens (tertiary/aromatic N) is 2. The second-order valence-electron chi connectivity index (χ2n) is 6.24. The van der Waals surface area contributed by atoms with Crippen LogP contribution in [0.2, 0.25) is 0 Å². The van der Waals surface area contributed by atoms with Gasteiger partial charge in [-0.2, -0.15) is 0 Å². The summed E-state index contributed by atoms with van der Waals surface area (Å²) in [6, 6.07) is 0.997. The molecule has 24 heavy (non-hydrogen) atoms. The van der Waals surface area contributed by atoms with Gasteiger partial charge in [0.2, 0.25) is 0 Å². The number of hydrogen-bond acceptors (Lipinski definition) is 5. The zero-order chi connectivity index (χ0) is 17.9. The molecule has 0 radical (unpaired) electrons. The van der Waals surface area contributed by atoms with Gasteiger partial charge >= 0.3 is 6.09 Å². The number of pyridine rings is 1. The molecule has 2 amide bonds. The summed E-state index contributed by atoms with van der Waals surface area (Å²) < 4.78 is 12.1. The lowest BCUT2D eigenvalue weighted by molar-refractivity contribution is -0.127. The molecule has 1 aromatic rings. The number of halogens is 2. The summed E-state index contributed by atoms with van der Waals surface area (Å²) in [5.41, 5.74) is -0.632. The van der Waals surface area contributed by atoms with E-state index in [4.69, 9.17) is 9.47 Å². The number of aromatic nitrogens is 1. The molecule has 9 heteroatoms. The normalized spacial score (nSPS) is 18.2. The molecule has 7 nitrogen and oxygen atoms in total. The molecule has 1 unspecified atom stereocenters. The number of ether oxygens (including phenoxy) is 2. The number of amides is 2. The number of morpholine rings is 1. The van der Waals surface area contributed by atoms with Crippen LogP contribution in [0.25, 0.3) is 0 Å². The van der Waals surface area contributed by atoms with Crippen molar-refractivity contribution in [1.29, 1.82) is 0 Å². The fourth-order valence-electron chi connectivity index (χ4n) is 2.07. The number of nitrogens with one attached hydrogen (secondary N) is 1. The fraction of sp³-hybridized carbons (Fsp3) is 0.533. The number of carbonyl (C=O) groups excluding carboxylic acids is 2. The van der Waals surface area contributed by atoms with Crippen molar-refractivity contribution in [2.45, 2.75) is 32.4 Å². The Bertz CT molecular complexity index is 634. The third-order valence-electron chi connectivity index (χ3n) is 3.11. The van der Waals surface area contributed by atoms with E-state index >= 15 is 0 Å². The molecule has 0 aromatic carbocycles.